The lowest BCUT2D eigenvalue weighted by Gasteiger charge is -2.05. The molecule has 3 aromatic rings. The lowest BCUT2D eigenvalue weighted by Crippen LogP contribution is -1.96. The summed E-state index contributed by atoms with van der Waals surface area (Å²) in [6.07, 6.45) is 6.40. The van der Waals surface area contributed by atoms with Crippen LogP contribution in [0.15, 0.2) is 66.3 Å². The van der Waals surface area contributed by atoms with Gasteiger partial charge in [0, 0.05) is 23.8 Å². The SMILES string of the molecule is c1ccc(-n2cnnc2SCCc2ccncc2)cc1. The van der Waals surface area contributed by atoms with Crippen molar-refractivity contribution in [1.82, 2.24) is 19.7 Å². The predicted molar refractivity (Wildman–Crippen MR) is 80.0 cm³/mol. The number of aromatic nitrogens is 4. The van der Waals surface area contributed by atoms with E-state index in [2.05, 4.69) is 27.3 Å². The molecule has 2 heterocycles. The molecule has 0 aliphatic carbocycles. The summed E-state index contributed by atoms with van der Waals surface area (Å²) in [5.41, 5.74) is 2.38. The molecule has 2 aromatic heterocycles. The van der Waals surface area contributed by atoms with Crippen molar-refractivity contribution in [2.75, 3.05) is 5.75 Å². The minimum atomic E-state index is 0.922. The number of aryl methyl sites for hydroxylation is 1. The quantitative estimate of drug-likeness (QED) is 0.675. The van der Waals surface area contributed by atoms with Gasteiger partial charge in [-0.2, -0.15) is 0 Å². The van der Waals surface area contributed by atoms with Crippen LogP contribution in [0, 0.1) is 0 Å². The highest BCUT2D eigenvalue weighted by atomic mass is 32.2. The molecule has 20 heavy (non-hydrogen) atoms. The Morgan fingerprint density at radius 2 is 1.80 bits per heavy atom. The third-order valence-electron chi connectivity index (χ3n) is 2.92. The van der Waals surface area contributed by atoms with Crippen molar-refractivity contribution >= 4 is 11.8 Å². The van der Waals surface area contributed by atoms with E-state index in [4.69, 9.17) is 0 Å². The highest BCUT2D eigenvalue weighted by Crippen LogP contribution is 2.20. The van der Waals surface area contributed by atoms with Gasteiger partial charge in [-0.3, -0.25) is 9.55 Å². The van der Waals surface area contributed by atoms with E-state index in [9.17, 15) is 0 Å². The van der Waals surface area contributed by atoms with Crippen molar-refractivity contribution in [2.45, 2.75) is 11.6 Å². The molecular weight excluding hydrogens is 268 g/mol. The molecule has 4 nitrogen and oxygen atoms in total. The van der Waals surface area contributed by atoms with Crippen molar-refractivity contribution < 1.29 is 0 Å². The highest BCUT2D eigenvalue weighted by molar-refractivity contribution is 7.99. The van der Waals surface area contributed by atoms with Gasteiger partial charge in [0.05, 0.1) is 0 Å². The average Bonchev–Trinajstić information content (AvgIpc) is 2.98. The molecule has 5 heteroatoms. The van der Waals surface area contributed by atoms with E-state index >= 15 is 0 Å². The highest BCUT2D eigenvalue weighted by Gasteiger charge is 2.06. The molecule has 0 atom stereocenters. The second kappa shape index (κ2) is 6.34. The minimum absolute atomic E-state index is 0.922. The first-order chi connectivity index (χ1) is 9.93. The van der Waals surface area contributed by atoms with Gasteiger partial charge in [0.2, 0.25) is 0 Å². The Kier molecular flexibility index (Phi) is 4.08. The maximum absolute atomic E-state index is 4.19. The van der Waals surface area contributed by atoms with Gasteiger partial charge in [-0.15, -0.1) is 10.2 Å². The van der Waals surface area contributed by atoms with E-state index in [-0.39, 0.29) is 0 Å². The zero-order chi connectivity index (χ0) is 13.6. The normalized spacial score (nSPS) is 10.6. The Bertz CT molecular complexity index is 652. The summed E-state index contributed by atoms with van der Waals surface area (Å²) in [7, 11) is 0. The molecule has 0 aliphatic heterocycles. The summed E-state index contributed by atoms with van der Waals surface area (Å²) in [4.78, 5) is 4.02. The number of nitrogens with zero attached hydrogens (tertiary/aromatic N) is 4. The fourth-order valence-electron chi connectivity index (χ4n) is 1.90. The number of rotatable bonds is 5. The molecule has 1 aromatic carbocycles. The van der Waals surface area contributed by atoms with E-state index in [0.29, 0.717) is 0 Å². The van der Waals surface area contributed by atoms with Crippen LogP contribution < -0.4 is 0 Å². The van der Waals surface area contributed by atoms with Crippen LogP contribution in [0.3, 0.4) is 0 Å². The molecule has 0 N–H and O–H groups in total. The van der Waals surface area contributed by atoms with Crippen LogP contribution in [0.25, 0.3) is 5.69 Å². The molecule has 100 valence electrons. The molecule has 0 spiro atoms. The zero-order valence-corrected chi connectivity index (χ0v) is 11.7. The van der Waals surface area contributed by atoms with Crippen LogP contribution in [0.4, 0.5) is 0 Å². The summed E-state index contributed by atoms with van der Waals surface area (Å²) >= 11 is 1.71. The van der Waals surface area contributed by atoms with Gasteiger partial charge in [0.25, 0.3) is 0 Å². The van der Waals surface area contributed by atoms with Crippen LogP contribution in [0.1, 0.15) is 5.56 Å². The third-order valence-corrected chi connectivity index (χ3v) is 3.87. The number of hydrogen-bond acceptors (Lipinski definition) is 4. The maximum atomic E-state index is 4.19. The van der Waals surface area contributed by atoms with Gasteiger partial charge in [-0.1, -0.05) is 30.0 Å². The molecule has 0 saturated carbocycles. The molecule has 0 unspecified atom stereocenters. The monoisotopic (exact) mass is 282 g/mol. The van der Waals surface area contributed by atoms with Crippen LogP contribution in [0.5, 0.6) is 0 Å². The second-order valence-electron chi connectivity index (χ2n) is 4.27. The average molecular weight is 282 g/mol. The van der Waals surface area contributed by atoms with Crippen LogP contribution in [0.2, 0.25) is 0 Å². The molecule has 0 saturated heterocycles. The Labute approximate surface area is 121 Å². The van der Waals surface area contributed by atoms with Crippen molar-refractivity contribution in [2.24, 2.45) is 0 Å². The first kappa shape index (κ1) is 12.9. The lowest BCUT2D eigenvalue weighted by molar-refractivity contribution is 0.882. The zero-order valence-electron chi connectivity index (χ0n) is 10.9. The van der Waals surface area contributed by atoms with E-state index in [1.807, 2.05) is 47.3 Å². The van der Waals surface area contributed by atoms with Gasteiger partial charge in [0.1, 0.15) is 6.33 Å². The Balaban J connectivity index is 1.66. The van der Waals surface area contributed by atoms with Gasteiger partial charge in [-0.25, -0.2) is 0 Å². The van der Waals surface area contributed by atoms with Crippen LogP contribution in [-0.2, 0) is 6.42 Å². The summed E-state index contributed by atoms with van der Waals surface area (Å²) in [6, 6.07) is 14.2. The van der Waals surface area contributed by atoms with Gasteiger partial charge < -0.3 is 0 Å². The van der Waals surface area contributed by atoms with Crippen molar-refractivity contribution in [1.29, 1.82) is 0 Å². The van der Waals surface area contributed by atoms with E-state index in [0.717, 1.165) is 23.0 Å². The summed E-state index contributed by atoms with van der Waals surface area (Å²) in [5, 5.41) is 9.12. The lowest BCUT2D eigenvalue weighted by atomic mass is 10.2. The number of hydrogen-bond donors (Lipinski definition) is 0. The number of thioether (sulfide) groups is 1. The number of benzene rings is 1. The Morgan fingerprint density at radius 3 is 2.60 bits per heavy atom. The van der Waals surface area contributed by atoms with Gasteiger partial charge in [-0.05, 0) is 36.2 Å². The maximum Gasteiger partial charge on any atom is 0.195 e. The summed E-state index contributed by atoms with van der Waals surface area (Å²) in [5.74, 6) is 0.968. The first-order valence-electron chi connectivity index (χ1n) is 6.40. The van der Waals surface area contributed by atoms with E-state index < -0.39 is 0 Å². The van der Waals surface area contributed by atoms with E-state index in [1.165, 1.54) is 5.56 Å². The smallest absolute Gasteiger partial charge is 0.195 e. The molecule has 0 radical (unpaired) electrons. The molecule has 0 aliphatic rings. The summed E-state index contributed by atoms with van der Waals surface area (Å²) in [6.45, 7) is 0. The van der Waals surface area contributed by atoms with Crippen molar-refractivity contribution in [3.8, 4) is 5.69 Å². The molecule has 0 fully saturated rings. The Morgan fingerprint density at radius 1 is 1.00 bits per heavy atom. The Hall–Kier alpha value is -2.14. The summed E-state index contributed by atoms with van der Waals surface area (Å²) < 4.78 is 2.01. The van der Waals surface area contributed by atoms with Crippen LogP contribution in [-0.4, -0.2) is 25.5 Å². The van der Waals surface area contributed by atoms with Crippen LogP contribution >= 0.6 is 11.8 Å². The van der Waals surface area contributed by atoms with Gasteiger partial charge in [0.15, 0.2) is 5.16 Å². The van der Waals surface area contributed by atoms with Crippen molar-refractivity contribution in [3.05, 3.63) is 66.7 Å². The third kappa shape index (κ3) is 3.05. The fourth-order valence-corrected chi connectivity index (χ4v) is 2.82. The first-order valence-corrected chi connectivity index (χ1v) is 7.39. The number of para-hydroxylation sites is 1. The van der Waals surface area contributed by atoms with Crippen molar-refractivity contribution in [3.63, 3.8) is 0 Å². The predicted octanol–water partition coefficient (Wildman–Crippen LogP) is 3.00. The second-order valence-corrected chi connectivity index (χ2v) is 5.34. The molecule has 0 bridgehead atoms. The minimum Gasteiger partial charge on any atom is -0.277 e. The molecule has 3 rings (SSSR count). The fraction of sp³-hybridized carbons (Fsp3) is 0.133. The van der Waals surface area contributed by atoms with Gasteiger partial charge >= 0.3 is 0 Å². The molecular formula is C15H14N4S. The standard InChI is InChI=1S/C15H14N4S/c1-2-4-14(5-3-1)19-12-17-18-15(19)20-11-8-13-6-9-16-10-7-13/h1-7,9-10,12H,8,11H2. The largest absolute Gasteiger partial charge is 0.277 e. The topological polar surface area (TPSA) is 43.6 Å². The van der Waals surface area contributed by atoms with E-state index in [1.54, 1.807) is 18.1 Å². The molecule has 0 amide bonds. The number of pyridine rings is 1.